The van der Waals surface area contributed by atoms with Crippen LogP contribution in [0.3, 0.4) is 0 Å². The smallest absolute Gasteiger partial charge is 0.123 e. The van der Waals surface area contributed by atoms with Crippen molar-refractivity contribution in [2.75, 3.05) is 4.43 Å². The lowest BCUT2D eigenvalue weighted by Crippen LogP contribution is -2.43. The lowest BCUT2D eigenvalue weighted by molar-refractivity contribution is 0.0732. The molecule has 2 aromatic carbocycles. The number of aryl methyl sites for hydroxylation is 1. The van der Waals surface area contributed by atoms with Gasteiger partial charge < -0.3 is 4.74 Å². The molecule has 1 heterocycles. The Morgan fingerprint density at radius 3 is 2.53 bits per heavy atom. The molecule has 1 atom stereocenters. The zero-order valence-corrected chi connectivity index (χ0v) is 13.0. The van der Waals surface area contributed by atoms with Gasteiger partial charge in [0.2, 0.25) is 0 Å². The Kier molecular flexibility index (Phi) is 3.78. The maximum atomic E-state index is 6.37. The van der Waals surface area contributed by atoms with Crippen molar-refractivity contribution in [3.8, 4) is 5.75 Å². The van der Waals surface area contributed by atoms with Gasteiger partial charge in [-0.1, -0.05) is 71.1 Å². The van der Waals surface area contributed by atoms with Gasteiger partial charge in [0.1, 0.15) is 11.4 Å². The van der Waals surface area contributed by atoms with Gasteiger partial charge in [-0.3, -0.25) is 0 Å². The second-order valence-corrected chi connectivity index (χ2v) is 5.95. The first-order valence-electron chi connectivity index (χ1n) is 6.68. The van der Waals surface area contributed by atoms with Crippen molar-refractivity contribution in [3.05, 3.63) is 65.7 Å². The van der Waals surface area contributed by atoms with Gasteiger partial charge in [0.25, 0.3) is 0 Å². The highest BCUT2D eigenvalue weighted by molar-refractivity contribution is 14.1. The lowest BCUT2D eigenvalue weighted by atomic mass is 9.87. The Morgan fingerprint density at radius 2 is 1.74 bits per heavy atom. The Balaban J connectivity index is 1.86. The van der Waals surface area contributed by atoms with Crippen LogP contribution in [0.5, 0.6) is 5.75 Å². The van der Waals surface area contributed by atoms with E-state index >= 15 is 0 Å². The Bertz CT molecular complexity index is 552. The Labute approximate surface area is 128 Å². The molecule has 19 heavy (non-hydrogen) atoms. The van der Waals surface area contributed by atoms with Gasteiger partial charge >= 0.3 is 0 Å². The van der Waals surface area contributed by atoms with Crippen molar-refractivity contribution >= 4 is 22.6 Å². The molecule has 0 spiro atoms. The average Bonchev–Trinajstić information content (AvgIpc) is 2.48. The highest BCUT2D eigenvalue weighted by Gasteiger charge is 2.35. The highest BCUT2D eigenvalue weighted by atomic mass is 127. The maximum absolute atomic E-state index is 6.37. The van der Waals surface area contributed by atoms with E-state index in [0.717, 1.165) is 29.4 Å². The minimum Gasteiger partial charge on any atom is -0.486 e. The molecule has 0 aromatic heterocycles. The van der Waals surface area contributed by atoms with Crippen LogP contribution in [0.15, 0.2) is 54.6 Å². The molecule has 0 saturated carbocycles. The molecule has 1 nitrogen and oxygen atoms in total. The summed E-state index contributed by atoms with van der Waals surface area (Å²) in [6, 6.07) is 19.1. The number of alkyl halides is 1. The minimum atomic E-state index is -0.0454. The van der Waals surface area contributed by atoms with E-state index in [0.29, 0.717) is 0 Å². The van der Waals surface area contributed by atoms with Crippen molar-refractivity contribution in [3.63, 3.8) is 0 Å². The normalized spacial score (nSPS) is 21.5. The van der Waals surface area contributed by atoms with Crippen molar-refractivity contribution < 1.29 is 4.74 Å². The van der Waals surface area contributed by atoms with Crippen LogP contribution in [0.2, 0.25) is 0 Å². The molecule has 0 radical (unpaired) electrons. The number of hydrogen-bond acceptors (Lipinski definition) is 1. The number of halogens is 1. The summed E-state index contributed by atoms with van der Waals surface area (Å²) in [4.78, 5) is 0. The summed E-state index contributed by atoms with van der Waals surface area (Å²) in [5.41, 5.74) is 2.66. The first-order valence-corrected chi connectivity index (χ1v) is 8.21. The summed E-state index contributed by atoms with van der Waals surface area (Å²) in [6.07, 6.45) is 3.21. The van der Waals surface area contributed by atoms with Gasteiger partial charge in [-0.25, -0.2) is 0 Å². The Hall–Kier alpha value is -1.03. The van der Waals surface area contributed by atoms with Gasteiger partial charge in [-0.05, 0) is 30.0 Å². The summed E-state index contributed by atoms with van der Waals surface area (Å²) in [5.74, 6) is 1.07. The van der Waals surface area contributed by atoms with E-state index in [-0.39, 0.29) is 5.60 Å². The van der Waals surface area contributed by atoms with Gasteiger partial charge in [-0.2, -0.15) is 0 Å². The molecule has 1 aliphatic rings. The molecule has 2 heteroatoms. The van der Waals surface area contributed by atoms with Gasteiger partial charge in [0, 0.05) is 10.8 Å². The van der Waals surface area contributed by atoms with Crippen LogP contribution in [0.1, 0.15) is 17.5 Å². The summed E-state index contributed by atoms with van der Waals surface area (Å²) in [6.45, 7) is 0. The molecule has 0 saturated heterocycles. The largest absolute Gasteiger partial charge is 0.486 e. The molecule has 0 bridgehead atoms. The monoisotopic (exact) mass is 364 g/mol. The van der Waals surface area contributed by atoms with Crippen molar-refractivity contribution in [2.45, 2.75) is 24.9 Å². The van der Waals surface area contributed by atoms with Crippen molar-refractivity contribution in [1.82, 2.24) is 0 Å². The first-order chi connectivity index (χ1) is 9.31. The number of ether oxygens (including phenoxy) is 1. The molecular weight excluding hydrogens is 347 g/mol. The third kappa shape index (κ3) is 2.78. The van der Waals surface area contributed by atoms with E-state index in [1.807, 2.05) is 0 Å². The molecule has 0 fully saturated rings. The highest BCUT2D eigenvalue weighted by Crippen LogP contribution is 2.36. The van der Waals surface area contributed by atoms with Crippen LogP contribution in [-0.2, 0) is 12.8 Å². The van der Waals surface area contributed by atoms with E-state index in [9.17, 15) is 0 Å². The van der Waals surface area contributed by atoms with Crippen LogP contribution >= 0.6 is 22.6 Å². The fraction of sp³-hybridized carbons (Fsp3) is 0.294. The van der Waals surface area contributed by atoms with E-state index in [4.69, 9.17) is 4.74 Å². The average molecular weight is 364 g/mol. The quantitative estimate of drug-likeness (QED) is 0.579. The van der Waals surface area contributed by atoms with E-state index in [1.165, 1.54) is 11.1 Å². The predicted octanol–water partition coefficient (Wildman–Crippen LogP) is 4.43. The van der Waals surface area contributed by atoms with Gasteiger partial charge in [0.05, 0.1) is 0 Å². The second-order valence-electron chi connectivity index (χ2n) is 5.19. The number of hydrogen-bond donors (Lipinski definition) is 0. The van der Waals surface area contributed by atoms with Crippen LogP contribution in [0, 0.1) is 0 Å². The summed E-state index contributed by atoms with van der Waals surface area (Å²) >= 11 is 2.46. The first kappa shape index (κ1) is 13.0. The third-order valence-corrected chi connectivity index (χ3v) is 5.15. The molecule has 2 aromatic rings. The molecule has 3 rings (SSSR count). The zero-order valence-electron chi connectivity index (χ0n) is 10.8. The van der Waals surface area contributed by atoms with Crippen LogP contribution in [-0.4, -0.2) is 10.0 Å². The molecular formula is C17H17IO. The van der Waals surface area contributed by atoms with Crippen molar-refractivity contribution in [2.24, 2.45) is 0 Å². The predicted molar refractivity (Wildman–Crippen MR) is 87.2 cm³/mol. The van der Waals surface area contributed by atoms with Crippen LogP contribution < -0.4 is 4.74 Å². The minimum absolute atomic E-state index is 0.0454. The number of rotatable bonds is 3. The van der Waals surface area contributed by atoms with Gasteiger partial charge in [-0.15, -0.1) is 0 Å². The van der Waals surface area contributed by atoms with Gasteiger partial charge in [0.15, 0.2) is 0 Å². The zero-order chi connectivity index (χ0) is 13.1. The van der Waals surface area contributed by atoms with E-state index < -0.39 is 0 Å². The topological polar surface area (TPSA) is 9.23 Å². The molecule has 98 valence electrons. The number of benzene rings is 2. The third-order valence-electron chi connectivity index (χ3n) is 3.76. The standard InChI is InChI=1S/C17H17IO/c18-13-17(12-14-6-2-1-3-7-14)11-10-15-8-4-5-9-16(15)19-17/h1-9H,10-13H2. The Morgan fingerprint density at radius 1 is 1.00 bits per heavy atom. The summed E-state index contributed by atoms with van der Waals surface area (Å²) < 4.78 is 7.39. The fourth-order valence-electron chi connectivity index (χ4n) is 2.69. The molecule has 0 aliphatic carbocycles. The van der Waals surface area contributed by atoms with E-state index in [2.05, 4.69) is 77.2 Å². The fourth-order valence-corrected chi connectivity index (χ4v) is 3.50. The van der Waals surface area contributed by atoms with Crippen LogP contribution in [0.4, 0.5) is 0 Å². The molecule has 1 aliphatic heterocycles. The maximum Gasteiger partial charge on any atom is 0.123 e. The molecule has 0 amide bonds. The van der Waals surface area contributed by atoms with Crippen molar-refractivity contribution in [1.29, 1.82) is 0 Å². The summed E-state index contributed by atoms with van der Waals surface area (Å²) in [5, 5.41) is 0. The SMILES string of the molecule is ICC1(Cc2ccccc2)CCc2ccccc2O1. The second kappa shape index (κ2) is 5.53. The van der Waals surface area contributed by atoms with E-state index in [1.54, 1.807) is 0 Å². The lowest BCUT2D eigenvalue weighted by Gasteiger charge is -2.37. The molecule has 1 unspecified atom stereocenters. The van der Waals surface area contributed by atoms with Crippen LogP contribution in [0.25, 0.3) is 0 Å². The molecule has 0 N–H and O–H groups in total. The number of fused-ring (bicyclic) bond motifs is 1. The number of para-hydroxylation sites is 1. The summed E-state index contributed by atoms with van der Waals surface area (Å²) in [7, 11) is 0.